The second-order valence-electron chi connectivity index (χ2n) is 5.01. The molecule has 7 heteroatoms. The van der Waals surface area contributed by atoms with Gasteiger partial charge < -0.3 is 9.15 Å². The van der Waals surface area contributed by atoms with E-state index in [0.717, 1.165) is 5.56 Å². The number of hydrogen-bond acceptors (Lipinski definition) is 6. The van der Waals surface area contributed by atoms with Gasteiger partial charge in [0.25, 0.3) is 0 Å². The van der Waals surface area contributed by atoms with Gasteiger partial charge in [-0.25, -0.2) is 9.78 Å². The van der Waals surface area contributed by atoms with E-state index in [0.29, 0.717) is 29.0 Å². The van der Waals surface area contributed by atoms with Crippen molar-refractivity contribution in [2.45, 2.75) is 13.5 Å². The zero-order valence-electron chi connectivity index (χ0n) is 13.1. The van der Waals surface area contributed by atoms with E-state index in [1.54, 1.807) is 6.92 Å². The Labute approximate surface area is 143 Å². The van der Waals surface area contributed by atoms with Crippen molar-refractivity contribution < 1.29 is 18.7 Å². The second-order valence-corrected chi connectivity index (χ2v) is 6.01. The largest absolute Gasteiger partial charge is 0.463 e. The van der Waals surface area contributed by atoms with E-state index in [4.69, 9.17) is 9.15 Å². The lowest BCUT2D eigenvalue weighted by atomic mass is 10.2. The summed E-state index contributed by atoms with van der Waals surface area (Å²) < 4.78 is 10.4. The average Bonchev–Trinajstić information content (AvgIpc) is 3.18. The number of aromatic nitrogens is 1. The molecule has 1 aliphatic rings. The number of oxazole rings is 1. The molecule has 2 heterocycles. The summed E-state index contributed by atoms with van der Waals surface area (Å²) in [5.41, 5.74) is 1.49. The molecule has 1 amide bonds. The molecular weight excluding hydrogens is 328 g/mol. The first kappa shape index (κ1) is 16.3. The first-order valence-electron chi connectivity index (χ1n) is 7.49. The Hall–Kier alpha value is -2.54. The molecule has 1 fully saturated rings. The Balaban J connectivity index is 1.75. The fourth-order valence-corrected chi connectivity index (χ4v) is 3.17. The second kappa shape index (κ2) is 7.35. The van der Waals surface area contributed by atoms with E-state index >= 15 is 0 Å². The number of carbonyl (C=O) groups excluding carboxylic acids is 2. The minimum Gasteiger partial charge on any atom is -0.463 e. The van der Waals surface area contributed by atoms with Crippen LogP contribution < -0.4 is 0 Å². The van der Waals surface area contributed by atoms with Crippen molar-refractivity contribution >= 4 is 23.6 Å². The van der Waals surface area contributed by atoms with Crippen LogP contribution in [0.3, 0.4) is 0 Å². The van der Waals surface area contributed by atoms with E-state index in [9.17, 15) is 9.59 Å². The first-order valence-corrected chi connectivity index (χ1v) is 8.47. The van der Waals surface area contributed by atoms with Gasteiger partial charge in [-0.2, -0.15) is 0 Å². The molecule has 0 N–H and O–H groups in total. The zero-order valence-corrected chi connectivity index (χ0v) is 13.9. The third kappa shape index (κ3) is 3.68. The molecule has 0 atom stereocenters. The van der Waals surface area contributed by atoms with Crippen LogP contribution in [-0.4, -0.2) is 34.1 Å². The maximum Gasteiger partial charge on any atom is 0.333 e. The minimum atomic E-state index is -0.454. The Morgan fingerprint density at radius 2 is 2.21 bits per heavy atom. The first-order chi connectivity index (χ1) is 11.7. The van der Waals surface area contributed by atoms with Gasteiger partial charge in [0, 0.05) is 5.56 Å². The van der Waals surface area contributed by atoms with Gasteiger partial charge in [-0.3, -0.25) is 9.69 Å². The van der Waals surface area contributed by atoms with Crippen LogP contribution in [0.4, 0.5) is 0 Å². The van der Waals surface area contributed by atoms with E-state index in [1.807, 2.05) is 30.3 Å². The number of rotatable bonds is 5. The average molecular weight is 344 g/mol. The van der Waals surface area contributed by atoms with Crippen LogP contribution >= 0.6 is 11.8 Å². The van der Waals surface area contributed by atoms with Gasteiger partial charge in [0.15, 0.2) is 0 Å². The lowest BCUT2D eigenvalue weighted by molar-refractivity contribution is -0.137. The predicted octanol–water partition coefficient (Wildman–Crippen LogP) is 2.82. The molecule has 1 saturated heterocycles. The quantitative estimate of drug-likeness (QED) is 0.613. The van der Waals surface area contributed by atoms with Gasteiger partial charge in [-0.15, -0.1) is 0 Å². The molecule has 1 aromatic heterocycles. The molecule has 24 heavy (non-hydrogen) atoms. The zero-order chi connectivity index (χ0) is 16.9. The van der Waals surface area contributed by atoms with Crippen LogP contribution in [0.5, 0.6) is 0 Å². The third-order valence-corrected chi connectivity index (χ3v) is 4.36. The molecule has 0 unspecified atom stereocenters. The number of hydrogen-bond donors (Lipinski definition) is 0. The Morgan fingerprint density at radius 1 is 1.42 bits per heavy atom. The topological polar surface area (TPSA) is 72.6 Å². The number of thioether (sulfide) groups is 1. The monoisotopic (exact) mass is 344 g/mol. The highest BCUT2D eigenvalue weighted by Crippen LogP contribution is 2.30. The van der Waals surface area contributed by atoms with Crippen molar-refractivity contribution in [3.63, 3.8) is 0 Å². The summed E-state index contributed by atoms with van der Waals surface area (Å²) in [6, 6.07) is 9.52. The number of ether oxygens (including phenoxy) is 1. The van der Waals surface area contributed by atoms with Crippen molar-refractivity contribution in [2.24, 2.45) is 0 Å². The van der Waals surface area contributed by atoms with Crippen molar-refractivity contribution in [3.05, 3.63) is 53.4 Å². The molecule has 0 radical (unpaired) electrons. The van der Waals surface area contributed by atoms with Crippen LogP contribution in [0.25, 0.3) is 11.5 Å². The molecule has 0 saturated carbocycles. The van der Waals surface area contributed by atoms with Crippen molar-refractivity contribution in [3.8, 4) is 11.5 Å². The highest BCUT2D eigenvalue weighted by Gasteiger charge is 2.28. The maximum absolute atomic E-state index is 12.1. The van der Waals surface area contributed by atoms with Gasteiger partial charge >= 0.3 is 5.97 Å². The van der Waals surface area contributed by atoms with Gasteiger partial charge in [0.1, 0.15) is 6.26 Å². The number of amides is 1. The van der Waals surface area contributed by atoms with Crippen LogP contribution in [0.1, 0.15) is 12.6 Å². The standard InChI is InChI=1S/C17H16N2O4S/c1-2-22-16(21)8-15-19(14(20)11-24-15)9-13-10-23-17(18-13)12-6-4-3-5-7-12/h3-8,10H,2,9,11H2,1H3/b15-8-. The molecular formula is C17H16N2O4S. The summed E-state index contributed by atoms with van der Waals surface area (Å²) in [6.07, 6.45) is 2.87. The summed E-state index contributed by atoms with van der Waals surface area (Å²) in [4.78, 5) is 29.6. The normalized spacial score (nSPS) is 16.0. The molecule has 6 nitrogen and oxygen atoms in total. The van der Waals surface area contributed by atoms with Crippen LogP contribution in [-0.2, 0) is 20.9 Å². The SMILES string of the molecule is CCOC(=O)/C=C1\SCC(=O)N1Cc1coc(-c2ccccc2)n1. The number of esters is 1. The predicted molar refractivity (Wildman–Crippen MR) is 89.7 cm³/mol. The highest BCUT2D eigenvalue weighted by atomic mass is 32.2. The number of benzene rings is 1. The van der Waals surface area contributed by atoms with Crippen molar-refractivity contribution in [1.29, 1.82) is 0 Å². The maximum atomic E-state index is 12.1. The molecule has 2 aromatic rings. The van der Waals surface area contributed by atoms with Crippen LogP contribution in [0.15, 0.2) is 52.1 Å². The molecule has 0 spiro atoms. The fraction of sp³-hybridized carbons (Fsp3) is 0.235. The van der Waals surface area contributed by atoms with Crippen LogP contribution in [0, 0.1) is 0 Å². The lowest BCUT2D eigenvalue weighted by Gasteiger charge is -2.14. The van der Waals surface area contributed by atoms with Crippen molar-refractivity contribution in [2.75, 3.05) is 12.4 Å². The van der Waals surface area contributed by atoms with Gasteiger partial charge in [0.05, 0.1) is 35.7 Å². The number of carbonyl (C=O) groups is 2. The van der Waals surface area contributed by atoms with E-state index < -0.39 is 5.97 Å². The molecule has 3 rings (SSSR count). The molecule has 124 valence electrons. The summed E-state index contributed by atoms with van der Waals surface area (Å²) in [6.45, 7) is 2.29. The van der Waals surface area contributed by atoms with E-state index in [-0.39, 0.29) is 12.5 Å². The summed E-state index contributed by atoms with van der Waals surface area (Å²) in [5.74, 6) is 0.278. The fourth-order valence-electron chi connectivity index (χ4n) is 2.24. The summed E-state index contributed by atoms with van der Waals surface area (Å²) in [7, 11) is 0. The van der Waals surface area contributed by atoms with Gasteiger partial charge in [-0.05, 0) is 19.1 Å². The summed E-state index contributed by atoms with van der Waals surface area (Å²) in [5, 5.41) is 0.572. The Kier molecular flexibility index (Phi) is 5.00. The molecule has 1 aromatic carbocycles. The molecule has 0 bridgehead atoms. The van der Waals surface area contributed by atoms with Crippen molar-refractivity contribution in [1.82, 2.24) is 9.88 Å². The van der Waals surface area contributed by atoms with Gasteiger partial charge in [-0.1, -0.05) is 30.0 Å². The Bertz CT molecular complexity index is 770. The molecule has 0 aliphatic carbocycles. The lowest BCUT2D eigenvalue weighted by Crippen LogP contribution is -2.24. The number of nitrogens with zero attached hydrogens (tertiary/aromatic N) is 2. The Morgan fingerprint density at radius 3 is 2.96 bits per heavy atom. The smallest absolute Gasteiger partial charge is 0.333 e. The highest BCUT2D eigenvalue weighted by molar-refractivity contribution is 8.04. The van der Waals surface area contributed by atoms with E-state index in [2.05, 4.69) is 4.98 Å². The van der Waals surface area contributed by atoms with E-state index in [1.165, 1.54) is 29.0 Å². The van der Waals surface area contributed by atoms with Gasteiger partial charge in [0.2, 0.25) is 11.8 Å². The van der Waals surface area contributed by atoms with Crippen LogP contribution in [0.2, 0.25) is 0 Å². The molecule has 1 aliphatic heterocycles. The minimum absolute atomic E-state index is 0.0696. The third-order valence-electron chi connectivity index (χ3n) is 3.33. The summed E-state index contributed by atoms with van der Waals surface area (Å²) >= 11 is 1.31.